The zero-order chi connectivity index (χ0) is 18.4. The van der Waals surface area contributed by atoms with Gasteiger partial charge < -0.3 is 15.4 Å². The fourth-order valence-electron chi connectivity index (χ4n) is 3.04. The molecule has 2 amide bonds. The maximum Gasteiger partial charge on any atom is 0.266 e. The Morgan fingerprint density at radius 3 is 2.88 bits per heavy atom. The van der Waals surface area contributed by atoms with Crippen molar-refractivity contribution in [2.45, 2.75) is 20.8 Å². The van der Waals surface area contributed by atoms with E-state index in [0.717, 1.165) is 21.5 Å². The number of carbonyl (C=O) groups is 2. The number of carbonyl (C=O) groups excluding carboxylic acids is 2. The normalized spacial score (nSPS) is 13.1. The summed E-state index contributed by atoms with van der Waals surface area (Å²) in [6.07, 6.45) is 0. The standard InChI is InChI=1S/C18H16N4O3S/c1-8-15-9(2)19-10(3)20-18(15)26-16(8)17(24)21-11-4-5-13-12(6-11)22-14(23)7-25-13/h4-6H,7H2,1-3H3,(H,21,24)(H,22,23). The van der Waals surface area contributed by atoms with Crippen LogP contribution in [0, 0.1) is 20.8 Å². The lowest BCUT2D eigenvalue weighted by Gasteiger charge is -2.18. The van der Waals surface area contributed by atoms with Gasteiger partial charge in [-0.25, -0.2) is 9.97 Å². The largest absolute Gasteiger partial charge is 0.482 e. The molecule has 132 valence electrons. The Morgan fingerprint density at radius 1 is 1.27 bits per heavy atom. The minimum atomic E-state index is -0.217. The molecule has 8 heteroatoms. The van der Waals surface area contributed by atoms with Crippen molar-refractivity contribution in [3.8, 4) is 5.75 Å². The molecule has 0 saturated carbocycles. The lowest BCUT2D eigenvalue weighted by Crippen LogP contribution is -2.25. The summed E-state index contributed by atoms with van der Waals surface area (Å²) in [5.74, 6) is 0.840. The molecule has 1 aromatic carbocycles. The van der Waals surface area contributed by atoms with Crippen molar-refractivity contribution in [1.82, 2.24) is 9.97 Å². The van der Waals surface area contributed by atoms with Crippen LogP contribution in [0.2, 0.25) is 0 Å². The van der Waals surface area contributed by atoms with Crippen LogP contribution in [-0.2, 0) is 4.79 Å². The Balaban J connectivity index is 1.66. The number of amides is 2. The van der Waals surface area contributed by atoms with Crippen LogP contribution in [0.4, 0.5) is 11.4 Å². The average Bonchev–Trinajstić information content (AvgIpc) is 2.91. The van der Waals surface area contributed by atoms with Gasteiger partial charge in [0.2, 0.25) is 0 Å². The van der Waals surface area contributed by atoms with Gasteiger partial charge in [0.05, 0.1) is 10.6 Å². The first-order valence-electron chi connectivity index (χ1n) is 8.05. The summed E-state index contributed by atoms with van der Waals surface area (Å²) in [7, 11) is 0. The third-order valence-corrected chi connectivity index (χ3v) is 5.34. The third kappa shape index (κ3) is 2.78. The zero-order valence-electron chi connectivity index (χ0n) is 14.5. The molecular weight excluding hydrogens is 352 g/mol. The molecule has 1 aliphatic rings. The lowest BCUT2D eigenvalue weighted by molar-refractivity contribution is -0.118. The fraction of sp³-hybridized carbons (Fsp3) is 0.222. The van der Waals surface area contributed by atoms with Gasteiger partial charge in [-0.3, -0.25) is 9.59 Å². The number of anilines is 2. The van der Waals surface area contributed by atoms with Crippen molar-refractivity contribution in [3.63, 3.8) is 0 Å². The van der Waals surface area contributed by atoms with Crippen LogP contribution in [0.1, 0.15) is 26.8 Å². The molecule has 4 rings (SSSR count). The van der Waals surface area contributed by atoms with Crippen LogP contribution in [0.3, 0.4) is 0 Å². The zero-order valence-corrected chi connectivity index (χ0v) is 15.3. The molecular formula is C18H16N4O3S. The Kier molecular flexibility index (Phi) is 3.84. The van der Waals surface area contributed by atoms with Crippen molar-refractivity contribution in [2.75, 3.05) is 17.2 Å². The number of aromatic nitrogens is 2. The molecule has 0 spiro atoms. The van der Waals surface area contributed by atoms with Crippen molar-refractivity contribution in [1.29, 1.82) is 0 Å². The second-order valence-electron chi connectivity index (χ2n) is 6.09. The van der Waals surface area contributed by atoms with Crippen LogP contribution in [-0.4, -0.2) is 28.4 Å². The fourth-order valence-corrected chi connectivity index (χ4v) is 4.21. The summed E-state index contributed by atoms with van der Waals surface area (Å²) in [6, 6.07) is 5.15. The topological polar surface area (TPSA) is 93.2 Å². The van der Waals surface area contributed by atoms with E-state index in [4.69, 9.17) is 4.74 Å². The molecule has 2 N–H and O–H groups in total. The van der Waals surface area contributed by atoms with E-state index in [2.05, 4.69) is 20.6 Å². The van der Waals surface area contributed by atoms with E-state index in [1.54, 1.807) is 18.2 Å². The summed E-state index contributed by atoms with van der Waals surface area (Å²) in [5.41, 5.74) is 2.86. The van der Waals surface area contributed by atoms with Crippen LogP contribution < -0.4 is 15.4 Å². The van der Waals surface area contributed by atoms with Gasteiger partial charge in [-0.2, -0.15) is 0 Å². The highest BCUT2D eigenvalue weighted by Crippen LogP contribution is 2.33. The highest BCUT2D eigenvalue weighted by atomic mass is 32.1. The predicted octanol–water partition coefficient (Wildman–Crippen LogP) is 3.20. The third-order valence-electron chi connectivity index (χ3n) is 4.16. The number of thiophene rings is 1. The van der Waals surface area contributed by atoms with Gasteiger partial charge in [-0.05, 0) is 44.5 Å². The number of aryl methyl sites for hydroxylation is 3. The van der Waals surface area contributed by atoms with E-state index < -0.39 is 0 Å². The first-order valence-corrected chi connectivity index (χ1v) is 8.86. The van der Waals surface area contributed by atoms with E-state index in [-0.39, 0.29) is 18.4 Å². The molecule has 3 heterocycles. The van der Waals surface area contributed by atoms with E-state index in [0.29, 0.717) is 27.8 Å². The molecule has 26 heavy (non-hydrogen) atoms. The van der Waals surface area contributed by atoms with Gasteiger partial charge in [0, 0.05) is 16.8 Å². The maximum absolute atomic E-state index is 12.8. The molecule has 0 saturated heterocycles. The molecule has 0 radical (unpaired) electrons. The van der Waals surface area contributed by atoms with Gasteiger partial charge in [0.1, 0.15) is 16.4 Å². The highest BCUT2D eigenvalue weighted by Gasteiger charge is 2.20. The summed E-state index contributed by atoms with van der Waals surface area (Å²) < 4.78 is 5.33. The van der Waals surface area contributed by atoms with E-state index in [9.17, 15) is 9.59 Å². The number of benzene rings is 1. The molecule has 0 atom stereocenters. The first-order chi connectivity index (χ1) is 12.4. The minimum Gasteiger partial charge on any atom is -0.482 e. The van der Waals surface area contributed by atoms with Crippen molar-refractivity contribution in [3.05, 3.63) is 40.2 Å². The van der Waals surface area contributed by atoms with E-state index >= 15 is 0 Å². The molecule has 2 aromatic heterocycles. The molecule has 0 fully saturated rings. The number of hydrogen-bond acceptors (Lipinski definition) is 6. The van der Waals surface area contributed by atoms with Gasteiger partial charge >= 0.3 is 0 Å². The van der Waals surface area contributed by atoms with Gasteiger partial charge in [0.15, 0.2) is 6.61 Å². The number of hydrogen-bond donors (Lipinski definition) is 2. The van der Waals surface area contributed by atoms with E-state index in [1.807, 2.05) is 20.8 Å². The summed E-state index contributed by atoms with van der Waals surface area (Å²) >= 11 is 1.35. The molecule has 1 aliphatic heterocycles. The summed E-state index contributed by atoms with van der Waals surface area (Å²) in [4.78, 5) is 34.4. The number of nitrogens with one attached hydrogen (secondary N) is 2. The van der Waals surface area contributed by atoms with Gasteiger partial charge in [-0.1, -0.05) is 0 Å². The summed E-state index contributed by atoms with van der Waals surface area (Å²) in [5, 5.41) is 6.53. The van der Waals surface area contributed by atoms with Crippen molar-refractivity contribution >= 4 is 44.7 Å². The highest BCUT2D eigenvalue weighted by molar-refractivity contribution is 7.20. The molecule has 3 aromatic rings. The number of rotatable bonds is 2. The maximum atomic E-state index is 12.8. The van der Waals surface area contributed by atoms with Crippen LogP contribution in [0.15, 0.2) is 18.2 Å². The first kappa shape index (κ1) is 16.5. The van der Waals surface area contributed by atoms with Crippen LogP contribution in [0.25, 0.3) is 10.2 Å². The second kappa shape index (κ2) is 6.06. The number of fused-ring (bicyclic) bond motifs is 2. The average molecular weight is 368 g/mol. The monoisotopic (exact) mass is 368 g/mol. The van der Waals surface area contributed by atoms with Crippen LogP contribution >= 0.6 is 11.3 Å². The predicted molar refractivity (Wildman–Crippen MR) is 100 cm³/mol. The molecule has 0 unspecified atom stereocenters. The quantitative estimate of drug-likeness (QED) is 0.724. The Labute approximate surface area is 153 Å². The number of ether oxygens (including phenoxy) is 1. The second-order valence-corrected chi connectivity index (χ2v) is 7.09. The Hall–Kier alpha value is -3.00. The summed E-state index contributed by atoms with van der Waals surface area (Å²) in [6.45, 7) is 5.66. The Morgan fingerprint density at radius 2 is 2.08 bits per heavy atom. The molecule has 0 bridgehead atoms. The minimum absolute atomic E-state index is 0.000508. The molecule has 0 aliphatic carbocycles. The number of nitrogens with zero attached hydrogens (tertiary/aromatic N) is 2. The smallest absolute Gasteiger partial charge is 0.266 e. The van der Waals surface area contributed by atoms with E-state index in [1.165, 1.54) is 11.3 Å². The van der Waals surface area contributed by atoms with Crippen LogP contribution in [0.5, 0.6) is 5.75 Å². The lowest BCUT2D eigenvalue weighted by atomic mass is 10.1. The van der Waals surface area contributed by atoms with Gasteiger partial charge in [0.25, 0.3) is 11.8 Å². The van der Waals surface area contributed by atoms with Gasteiger partial charge in [-0.15, -0.1) is 11.3 Å². The molecule has 7 nitrogen and oxygen atoms in total. The van der Waals surface area contributed by atoms with Crippen molar-refractivity contribution < 1.29 is 14.3 Å². The Bertz CT molecular complexity index is 1070. The van der Waals surface area contributed by atoms with Crippen molar-refractivity contribution in [2.24, 2.45) is 0 Å². The SMILES string of the molecule is Cc1nc(C)c2c(C)c(C(=O)Nc3ccc4c(c3)NC(=O)CO4)sc2n1.